The van der Waals surface area contributed by atoms with Gasteiger partial charge in [-0.15, -0.1) is 0 Å². The maximum absolute atomic E-state index is 12.7. The smallest absolute Gasteiger partial charge is 0.317 e. The van der Waals surface area contributed by atoms with Crippen molar-refractivity contribution in [2.24, 2.45) is 0 Å². The lowest BCUT2D eigenvalue weighted by molar-refractivity contribution is 0.0762. The van der Waals surface area contributed by atoms with E-state index in [2.05, 4.69) is 10.3 Å². The van der Waals surface area contributed by atoms with E-state index in [1.807, 2.05) is 37.8 Å². The largest absolute Gasteiger partial charge is 0.338 e. The van der Waals surface area contributed by atoms with Gasteiger partial charge in [0.2, 0.25) is 0 Å². The average Bonchev–Trinajstić information content (AvgIpc) is 2.77. The number of urea groups is 1. The molecule has 23 heavy (non-hydrogen) atoms. The fraction of sp³-hybridized carbons (Fsp3) is 0.588. The van der Waals surface area contributed by atoms with E-state index in [0.29, 0.717) is 38.3 Å². The summed E-state index contributed by atoms with van der Waals surface area (Å²) in [6, 6.07) is 3.62. The second-order valence-corrected chi connectivity index (χ2v) is 6.00. The lowest BCUT2D eigenvalue weighted by atomic mass is 10.1. The van der Waals surface area contributed by atoms with Crippen LogP contribution in [0.25, 0.3) is 0 Å². The molecule has 0 bridgehead atoms. The summed E-state index contributed by atoms with van der Waals surface area (Å²) in [6.45, 7) is 9.01. The van der Waals surface area contributed by atoms with E-state index in [9.17, 15) is 9.59 Å². The minimum atomic E-state index is -0.0308. The van der Waals surface area contributed by atoms with Crippen molar-refractivity contribution in [1.29, 1.82) is 0 Å². The summed E-state index contributed by atoms with van der Waals surface area (Å²) in [5, 5.41) is 2.90. The molecule has 1 N–H and O–H groups in total. The van der Waals surface area contributed by atoms with Crippen LogP contribution in [-0.4, -0.2) is 59.4 Å². The van der Waals surface area contributed by atoms with Crippen molar-refractivity contribution < 1.29 is 9.59 Å². The zero-order valence-electron chi connectivity index (χ0n) is 14.3. The molecule has 6 heteroatoms. The molecular formula is C17H26N4O2. The number of hydrogen-bond acceptors (Lipinski definition) is 3. The Morgan fingerprint density at radius 2 is 1.70 bits per heavy atom. The van der Waals surface area contributed by atoms with Crippen molar-refractivity contribution >= 4 is 11.9 Å². The van der Waals surface area contributed by atoms with Gasteiger partial charge in [0.25, 0.3) is 5.91 Å². The van der Waals surface area contributed by atoms with Crippen LogP contribution >= 0.6 is 0 Å². The van der Waals surface area contributed by atoms with E-state index >= 15 is 0 Å². The van der Waals surface area contributed by atoms with Gasteiger partial charge in [-0.05, 0) is 38.8 Å². The third kappa shape index (κ3) is 4.68. The molecule has 2 rings (SSSR count). The number of aryl methyl sites for hydroxylation is 2. The summed E-state index contributed by atoms with van der Waals surface area (Å²) in [7, 11) is 0. The van der Waals surface area contributed by atoms with Crippen LogP contribution in [0.2, 0.25) is 0 Å². The van der Waals surface area contributed by atoms with Gasteiger partial charge >= 0.3 is 6.03 Å². The molecule has 0 unspecified atom stereocenters. The monoisotopic (exact) mass is 318 g/mol. The number of carbonyl (C=O) groups is 2. The molecule has 1 saturated heterocycles. The highest BCUT2D eigenvalue weighted by atomic mass is 16.2. The lowest BCUT2D eigenvalue weighted by Crippen LogP contribution is -2.42. The lowest BCUT2D eigenvalue weighted by Gasteiger charge is -2.22. The third-order valence-electron chi connectivity index (χ3n) is 3.92. The summed E-state index contributed by atoms with van der Waals surface area (Å²) in [6.07, 6.45) is 1.72. The molecule has 0 saturated carbocycles. The maximum Gasteiger partial charge on any atom is 0.317 e. The topological polar surface area (TPSA) is 65.5 Å². The zero-order chi connectivity index (χ0) is 16.8. The van der Waals surface area contributed by atoms with Gasteiger partial charge in [-0.2, -0.15) is 0 Å². The first-order valence-electron chi connectivity index (χ1n) is 8.28. The Hall–Kier alpha value is -2.11. The molecule has 0 aliphatic carbocycles. The molecule has 126 valence electrons. The van der Waals surface area contributed by atoms with Crippen LogP contribution in [0.1, 0.15) is 41.5 Å². The number of carbonyl (C=O) groups excluding carboxylic acids is 2. The van der Waals surface area contributed by atoms with Crippen molar-refractivity contribution in [3.8, 4) is 0 Å². The molecule has 6 nitrogen and oxygen atoms in total. The molecule has 0 aromatic carbocycles. The fourth-order valence-corrected chi connectivity index (χ4v) is 2.81. The van der Waals surface area contributed by atoms with E-state index in [4.69, 9.17) is 0 Å². The van der Waals surface area contributed by atoms with E-state index in [1.54, 1.807) is 4.90 Å². The van der Waals surface area contributed by atoms with Crippen molar-refractivity contribution in [3.63, 3.8) is 0 Å². The van der Waals surface area contributed by atoms with Crippen LogP contribution in [0, 0.1) is 13.8 Å². The summed E-state index contributed by atoms with van der Waals surface area (Å²) in [5.74, 6) is 0.0226. The van der Waals surface area contributed by atoms with Crippen LogP contribution in [0.15, 0.2) is 12.1 Å². The Labute approximate surface area is 137 Å². The summed E-state index contributed by atoms with van der Waals surface area (Å²) in [5.41, 5.74) is 2.38. The third-order valence-corrected chi connectivity index (χ3v) is 3.92. The minimum Gasteiger partial charge on any atom is -0.338 e. The molecule has 0 atom stereocenters. The molecular weight excluding hydrogens is 292 g/mol. The first-order chi connectivity index (χ1) is 11.0. The van der Waals surface area contributed by atoms with Gasteiger partial charge in [0.05, 0.1) is 0 Å². The molecule has 1 aromatic rings. The molecule has 3 amide bonds. The van der Waals surface area contributed by atoms with Crippen LogP contribution in [0.5, 0.6) is 0 Å². The summed E-state index contributed by atoms with van der Waals surface area (Å²) < 4.78 is 0. The van der Waals surface area contributed by atoms with E-state index in [0.717, 1.165) is 24.2 Å². The Kier molecular flexibility index (Phi) is 5.96. The first-order valence-corrected chi connectivity index (χ1v) is 8.28. The van der Waals surface area contributed by atoms with Crippen molar-refractivity contribution in [2.75, 3.05) is 32.7 Å². The van der Waals surface area contributed by atoms with Gasteiger partial charge in [-0.25, -0.2) is 4.79 Å². The van der Waals surface area contributed by atoms with Gasteiger partial charge in [0, 0.05) is 49.7 Å². The van der Waals surface area contributed by atoms with Gasteiger partial charge in [-0.3, -0.25) is 9.78 Å². The molecule has 1 aromatic heterocycles. The van der Waals surface area contributed by atoms with Crippen LogP contribution in [-0.2, 0) is 0 Å². The fourth-order valence-electron chi connectivity index (χ4n) is 2.81. The van der Waals surface area contributed by atoms with E-state index < -0.39 is 0 Å². The summed E-state index contributed by atoms with van der Waals surface area (Å²) in [4.78, 5) is 32.7. The molecule has 1 fully saturated rings. The van der Waals surface area contributed by atoms with Crippen molar-refractivity contribution in [3.05, 3.63) is 29.1 Å². The maximum atomic E-state index is 12.7. The zero-order valence-corrected chi connectivity index (χ0v) is 14.3. The number of pyridine rings is 1. The highest BCUT2D eigenvalue weighted by Gasteiger charge is 2.22. The molecule has 1 aliphatic heterocycles. The van der Waals surface area contributed by atoms with Crippen LogP contribution in [0.3, 0.4) is 0 Å². The predicted molar refractivity (Wildman–Crippen MR) is 89.5 cm³/mol. The molecule has 0 radical (unpaired) electrons. The van der Waals surface area contributed by atoms with E-state index in [-0.39, 0.29) is 11.9 Å². The van der Waals surface area contributed by atoms with Crippen molar-refractivity contribution in [1.82, 2.24) is 20.1 Å². The number of nitrogens with zero attached hydrogens (tertiary/aromatic N) is 3. The highest BCUT2D eigenvalue weighted by molar-refractivity contribution is 5.94. The first kappa shape index (κ1) is 17.2. The second kappa shape index (κ2) is 7.94. The number of nitrogens with one attached hydrogen (secondary N) is 1. The number of rotatable bonds is 3. The Morgan fingerprint density at radius 1 is 1.09 bits per heavy atom. The van der Waals surface area contributed by atoms with Gasteiger partial charge < -0.3 is 15.1 Å². The quantitative estimate of drug-likeness (QED) is 0.926. The van der Waals surface area contributed by atoms with Crippen molar-refractivity contribution in [2.45, 2.75) is 33.6 Å². The van der Waals surface area contributed by atoms with Gasteiger partial charge in [0.15, 0.2) is 0 Å². The average molecular weight is 318 g/mol. The molecule has 1 aliphatic rings. The number of amides is 3. The second-order valence-electron chi connectivity index (χ2n) is 6.00. The Morgan fingerprint density at radius 3 is 2.35 bits per heavy atom. The normalized spacial score (nSPS) is 15.3. The summed E-state index contributed by atoms with van der Waals surface area (Å²) >= 11 is 0. The van der Waals surface area contributed by atoms with Crippen LogP contribution in [0.4, 0.5) is 4.79 Å². The standard InChI is InChI=1S/C17H26N4O2/c1-4-6-18-17(23)21-8-5-7-20(9-10-21)16(22)15-11-13(2)19-14(3)12-15/h11-12H,4-10H2,1-3H3,(H,18,23). The van der Waals surface area contributed by atoms with Gasteiger partial charge in [0.1, 0.15) is 0 Å². The minimum absolute atomic E-state index is 0.0226. The molecule has 0 spiro atoms. The predicted octanol–water partition coefficient (Wildman–Crippen LogP) is 1.97. The Balaban J connectivity index is 1.99. The number of aromatic nitrogens is 1. The number of hydrogen-bond donors (Lipinski definition) is 1. The molecule has 2 heterocycles. The van der Waals surface area contributed by atoms with E-state index in [1.165, 1.54) is 0 Å². The van der Waals surface area contributed by atoms with Gasteiger partial charge in [-0.1, -0.05) is 6.92 Å². The Bertz CT molecular complexity index is 553. The SMILES string of the molecule is CCCNC(=O)N1CCCN(C(=O)c2cc(C)nc(C)c2)CC1. The highest BCUT2D eigenvalue weighted by Crippen LogP contribution is 2.11. The van der Waals surface area contributed by atoms with Crippen LogP contribution < -0.4 is 5.32 Å².